The molecule has 0 saturated heterocycles. The molecule has 0 bridgehead atoms. The van der Waals surface area contributed by atoms with Gasteiger partial charge in [0.25, 0.3) is 0 Å². The van der Waals surface area contributed by atoms with Gasteiger partial charge < -0.3 is 9.47 Å². The van der Waals surface area contributed by atoms with Crippen molar-refractivity contribution in [3.63, 3.8) is 0 Å². The van der Waals surface area contributed by atoms with Crippen molar-refractivity contribution in [1.29, 1.82) is 0 Å². The molecule has 3 nitrogen and oxygen atoms in total. The van der Waals surface area contributed by atoms with Crippen LogP contribution >= 0.6 is 0 Å². The average Bonchev–Trinajstić information content (AvgIpc) is 2.47. The number of carbonyl (C=O) groups excluding carboxylic acids is 1. The van der Waals surface area contributed by atoms with Crippen LogP contribution in [0.2, 0.25) is 0 Å². The lowest BCUT2D eigenvalue weighted by Crippen LogP contribution is -2.15. The van der Waals surface area contributed by atoms with Gasteiger partial charge in [-0.15, -0.1) is 0 Å². The van der Waals surface area contributed by atoms with Gasteiger partial charge in [0.15, 0.2) is 17.4 Å². The van der Waals surface area contributed by atoms with Crippen LogP contribution < -0.4 is 4.74 Å². The van der Waals surface area contributed by atoms with E-state index in [1.54, 1.807) is 0 Å². The number of carbonyl (C=O) groups is 1. The summed E-state index contributed by atoms with van der Waals surface area (Å²) in [6.45, 7) is 3.77. The zero-order valence-electron chi connectivity index (χ0n) is 11.8. The molecule has 0 N–H and O–H groups in total. The first-order valence-electron chi connectivity index (χ1n) is 6.57. The van der Waals surface area contributed by atoms with Crippen molar-refractivity contribution in [3.8, 4) is 5.75 Å². The minimum absolute atomic E-state index is 0.0436. The van der Waals surface area contributed by atoms with Crippen molar-refractivity contribution < 1.29 is 31.8 Å². The second kappa shape index (κ2) is 7.97. The summed E-state index contributed by atoms with van der Waals surface area (Å²) in [4.78, 5) is 11.5. The van der Waals surface area contributed by atoms with E-state index in [9.17, 15) is 22.4 Å². The van der Waals surface area contributed by atoms with E-state index in [-0.39, 0.29) is 19.4 Å². The minimum Gasteiger partial charge on any atom is -0.423 e. The van der Waals surface area contributed by atoms with E-state index in [1.807, 2.05) is 6.92 Å². The Morgan fingerprint density at radius 1 is 0.952 bits per heavy atom. The lowest BCUT2D eigenvalue weighted by molar-refractivity contribution is -0.135. The number of esters is 1. The summed E-state index contributed by atoms with van der Waals surface area (Å²) in [5.41, 5.74) is -0.519. The number of hydrogen-bond donors (Lipinski definition) is 0. The Bertz CT molecular complexity index is 518. The Morgan fingerprint density at radius 3 is 2.14 bits per heavy atom. The molecule has 0 amide bonds. The molecule has 21 heavy (non-hydrogen) atoms. The molecule has 1 rings (SSSR count). The molecule has 0 atom stereocenters. The predicted octanol–water partition coefficient (Wildman–Crippen LogP) is 3.53. The summed E-state index contributed by atoms with van der Waals surface area (Å²) >= 11 is 0. The average molecular weight is 308 g/mol. The Kier molecular flexibility index (Phi) is 6.61. The molecule has 0 aliphatic heterocycles. The highest BCUT2D eigenvalue weighted by Crippen LogP contribution is 2.31. The van der Waals surface area contributed by atoms with E-state index < -0.39 is 40.6 Å². The fourth-order valence-electron chi connectivity index (χ4n) is 1.65. The second-order valence-electron chi connectivity index (χ2n) is 4.25. The highest BCUT2D eigenvalue weighted by Gasteiger charge is 2.27. The van der Waals surface area contributed by atoms with Gasteiger partial charge in [-0.2, -0.15) is 4.39 Å². The number of benzene rings is 1. The summed E-state index contributed by atoms with van der Waals surface area (Å²) in [5.74, 6) is -9.01. The maximum atomic E-state index is 13.6. The molecule has 7 heteroatoms. The standard InChI is InChI=1S/C14H16F4O3/c1-3-6-20-7-5-9(19)21-14-8(4-2)10(15)11(16)12(17)13(14)18/h3-7H2,1-2H3. The van der Waals surface area contributed by atoms with Crippen LogP contribution in [0.5, 0.6) is 5.75 Å². The molecule has 1 aromatic rings. The van der Waals surface area contributed by atoms with Crippen molar-refractivity contribution in [2.75, 3.05) is 13.2 Å². The largest absolute Gasteiger partial charge is 0.423 e. The topological polar surface area (TPSA) is 35.5 Å². The molecule has 0 aliphatic carbocycles. The number of ether oxygens (including phenoxy) is 2. The summed E-state index contributed by atoms with van der Waals surface area (Å²) in [5, 5.41) is 0. The molecule has 0 spiro atoms. The first-order valence-corrected chi connectivity index (χ1v) is 6.57. The van der Waals surface area contributed by atoms with Crippen LogP contribution in [-0.2, 0) is 16.0 Å². The Balaban J connectivity index is 2.90. The molecule has 0 aromatic heterocycles. The molecule has 118 valence electrons. The van der Waals surface area contributed by atoms with Crippen molar-refractivity contribution in [2.24, 2.45) is 0 Å². The first-order chi connectivity index (χ1) is 9.93. The lowest BCUT2D eigenvalue weighted by Gasteiger charge is -2.12. The highest BCUT2D eigenvalue weighted by atomic mass is 19.2. The van der Waals surface area contributed by atoms with Gasteiger partial charge in [-0.05, 0) is 12.8 Å². The number of halogens is 4. The molecule has 0 heterocycles. The third-order valence-electron chi connectivity index (χ3n) is 2.68. The van der Waals surface area contributed by atoms with Crippen LogP contribution in [0, 0.1) is 23.3 Å². The zero-order chi connectivity index (χ0) is 16.0. The Labute approximate surface area is 119 Å². The van der Waals surface area contributed by atoms with Gasteiger partial charge in [-0.3, -0.25) is 4.79 Å². The maximum absolute atomic E-state index is 13.6. The Hall–Kier alpha value is -1.63. The van der Waals surface area contributed by atoms with E-state index in [0.29, 0.717) is 6.61 Å². The van der Waals surface area contributed by atoms with Crippen LogP contribution in [0.4, 0.5) is 17.6 Å². The number of hydrogen-bond acceptors (Lipinski definition) is 3. The van der Waals surface area contributed by atoms with Crippen molar-refractivity contribution in [3.05, 3.63) is 28.8 Å². The monoisotopic (exact) mass is 308 g/mol. The Morgan fingerprint density at radius 2 is 1.57 bits per heavy atom. The first kappa shape index (κ1) is 17.4. The normalized spacial score (nSPS) is 10.8. The van der Waals surface area contributed by atoms with Gasteiger partial charge >= 0.3 is 5.97 Å². The predicted molar refractivity (Wildman–Crippen MR) is 67.0 cm³/mol. The fourth-order valence-corrected chi connectivity index (χ4v) is 1.65. The third-order valence-corrected chi connectivity index (χ3v) is 2.68. The molecular formula is C14H16F4O3. The van der Waals surface area contributed by atoms with E-state index in [0.717, 1.165) is 6.42 Å². The molecule has 0 fully saturated rings. The van der Waals surface area contributed by atoms with Crippen LogP contribution in [0.25, 0.3) is 0 Å². The van der Waals surface area contributed by atoms with E-state index in [2.05, 4.69) is 4.74 Å². The SMILES string of the molecule is CCCOCCC(=O)Oc1c(F)c(F)c(F)c(F)c1CC. The zero-order valence-corrected chi connectivity index (χ0v) is 11.8. The van der Waals surface area contributed by atoms with E-state index in [1.165, 1.54) is 6.92 Å². The van der Waals surface area contributed by atoms with Crippen molar-refractivity contribution in [2.45, 2.75) is 33.1 Å². The van der Waals surface area contributed by atoms with Gasteiger partial charge in [0.2, 0.25) is 11.6 Å². The number of rotatable bonds is 7. The van der Waals surface area contributed by atoms with Crippen LogP contribution in [0.15, 0.2) is 0 Å². The molecule has 0 saturated carbocycles. The lowest BCUT2D eigenvalue weighted by atomic mass is 10.1. The van der Waals surface area contributed by atoms with Gasteiger partial charge in [-0.25, -0.2) is 13.2 Å². The molecule has 0 radical (unpaired) electrons. The quantitative estimate of drug-likeness (QED) is 0.193. The van der Waals surface area contributed by atoms with Gasteiger partial charge in [0.05, 0.1) is 13.0 Å². The molecule has 1 aromatic carbocycles. The van der Waals surface area contributed by atoms with Crippen molar-refractivity contribution >= 4 is 5.97 Å². The smallest absolute Gasteiger partial charge is 0.313 e. The third kappa shape index (κ3) is 4.17. The van der Waals surface area contributed by atoms with Crippen LogP contribution in [0.1, 0.15) is 32.3 Å². The summed E-state index contributed by atoms with van der Waals surface area (Å²) in [7, 11) is 0. The minimum atomic E-state index is -2.00. The maximum Gasteiger partial charge on any atom is 0.313 e. The molecule has 0 aliphatic rings. The highest BCUT2D eigenvalue weighted by molar-refractivity contribution is 5.73. The van der Waals surface area contributed by atoms with E-state index >= 15 is 0 Å². The van der Waals surface area contributed by atoms with Crippen LogP contribution in [-0.4, -0.2) is 19.2 Å². The molecular weight excluding hydrogens is 292 g/mol. The van der Waals surface area contributed by atoms with Crippen LogP contribution in [0.3, 0.4) is 0 Å². The van der Waals surface area contributed by atoms with Gasteiger partial charge in [0, 0.05) is 12.2 Å². The van der Waals surface area contributed by atoms with E-state index in [4.69, 9.17) is 4.74 Å². The van der Waals surface area contributed by atoms with Gasteiger partial charge in [-0.1, -0.05) is 13.8 Å². The van der Waals surface area contributed by atoms with Gasteiger partial charge in [0.1, 0.15) is 0 Å². The fraction of sp³-hybridized carbons (Fsp3) is 0.500. The molecule has 0 unspecified atom stereocenters. The summed E-state index contributed by atoms with van der Waals surface area (Å²) in [6, 6.07) is 0. The summed E-state index contributed by atoms with van der Waals surface area (Å²) < 4.78 is 63.0. The van der Waals surface area contributed by atoms with Crippen molar-refractivity contribution in [1.82, 2.24) is 0 Å². The summed E-state index contributed by atoms with van der Waals surface area (Å²) in [6.07, 6.45) is 0.399. The second-order valence-corrected chi connectivity index (χ2v) is 4.25.